The van der Waals surface area contributed by atoms with Crippen LogP contribution >= 0.6 is 23.5 Å². The van der Waals surface area contributed by atoms with Gasteiger partial charge in [-0.15, -0.1) is 0 Å². The number of pyridine rings is 1. The van der Waals surface area contributed by atoms with E-state index in [-0.39, 0.29) is 40.5 Å². The van der Waals surface area contributed by atoms with Crippen LogP contribution in [0, 0.1) is 10.1 Å². The third-order valence-electron chi connectivity index (χ3n) is 9.18. The van der Waals surface area contributed by atoms with Crippen molar-refractivity contribution in [3.05, 3.63) is 81.5 Å². The van der Waals surface area contributed by atoms with Gasteiger partial charge < -0.3 is 60.8 Å². The minimum absolute atomic E-state index is 0.0136. The van der Waals surface area contributed by atoms with Crippen LogP contribution in [0.3, 0.4) is 0 Å². The van der Waals surface area contributed by atoms with Crippen LogP contribution in [0.2, 0.25) is 0 Å². The molecule has 6 rings (SSSR count). The Bertz CT molecular complexity index is 2650. The monoisotopic (exact) mass is 976 g/mol. The maximum Gasteiger partial charge on any atom is 0.481 e. The summed E-state index contributed by atoms with van der Waals surface area (Å²) in [5, 5.41) is 42.7. The van der Waals surface area contributed by atoms with Crippen molar-refractivity contribution in [2.75, 3.05) is 30.8 Å². The molecule has 10 atom stereocenters. The van der Waals surface area contributed by atoms with E-state index in [0.717, 1.165) is 34.1 Å². The zero-order chi connectivity index (χ0) is 47.4. The number of phosphoric acid groups is 3. The highest BCUT2D eigenvalue weighted by Crippen LogP contribution is 2.58. The van der Waals surface area contributed by atoms with Gasteiger partial charge in [-0.3, -0.25) is 37.8 Å². The number of benzene rings is 1. The summed E-state index contributed by atoms with van der Waals surface area (Å²) < 4.78 is 75.0. The lowest BCUT2D eigenvalue weighted by molar-refractivity contribution is -0.782. The number of nitro groups is 1. The van der Waals surface area contributed by atoms with Crippen LogP contribution in [0.5, 0.6) is 0 Å². The number of esters is 1. The Kier molecular flexibility index (Phi) is 14.9. The number of carbonyl (C=O) groups is 2. The third kappa shape index (κ3) is 12.0. The number of fused-ring (bicyclic) bond motifs is 1. The molecule has 10 N–H and O–H groups in total. The molecule has 2 aliphatic rings. The number of carbonyl (C=O) groups excluding carboxylic acids is 2. The zero-order valence-corrected chi connectivity index (χ0v) is 35.2. The lowest BCUT2D eigenvalue weighted by atomic mass is 10.1. The van der Waals surface area contributed by atoms with Gasteiger partial charge in [0.15, 0.2) is 30.1 Å². The van der Waals surface area contributed by atoms with Gasteiger partial charge in [0.05, 0.1) is 30.9 Å². The number of hydrogen-bond donors (Lipinski definition) is 8. The van der Waals surface area contributed by atoms with E-state index in [9.17, 15) is 53.4 Å². The van der Waals surface area contributed by atoms with Crippen molar-refractivity contribution in [1.29, 1.82) is 0 Å². The number of primary amides is 1. The second-order valence-corrected chi connectivity index (χ2v) is 17.8. The van der Waals surface area contributed by atoms with Crippen molar-refractivity contribution < 1.29 is 94.7 Å². The average Bonchev–Trinajstić information content (AvgIpc) is 3.89. The van der Waals surface area contributed by atoms with E-state index in [1.807, 2.05) is 0 Å². The second kappa shape index (κ2) is 19.9. The maximum absolute atomic E-state index is 13.9. The molecule has 0 bridgehead atoms. The summed E-state index contributed by atoms with van der Waals surface area (Å²) >= 11 is 0. The quantitative estimate of drug-likeness (QED) is 0.00799. The maximum atomic E-state index is 13.9. The van der Waals surface area contributed by atoms with E-state index in [2.05, 4.69) is 39.1 Å². The van der Waals surface area contributed by atoms with Gasteiger partial charge in [0.25, 0.3) is 17.8 Å². The predicted octanol–water partition coefficient (Wildman–Crippen LogP) is -0.628. The van der Waals surface area contributed by atoms with Gasteiger partial charge in [-0.25, -0.2) is 28.6 Å². The van der Waals surface area contributed by atoms with Crippen LogP contribution in [0.15, 0.2) is 60.5 Å². The molecule has 1 amide bonds. The Morgan fingerprint density at radius 2 is 1.78 bits per heavy atom. The van der Waals surface area contributed by atoms with Gasteiger partial charge in [-0.2, -0.15) is 8.88 Å². The molecule has 0 aliphatic carbocycles. The summed E-state index contributed by atoms with van der Waals surface area (Å²) in [6.45, 7) is -2.50. The molecule has 1 aromatic carbocycles. The first kappa shape index (κ1) is 48.8. The summed E-state index contributed by atoms with van der Waals surface area (Å²) in [5.41, 5.74) is 19.1. The summed E-state index contributed by atoms with van der Waals surface area (Å²) in [6.07, 6.45) is -10.7. The molecule has 2 fully saturated rings. The van der Waals surface area contributed by atoms with Gasteiger partial charge in [0.1, 0.15) is 53.6 Å². The van der Waals surface area contributed by atoms with Gasteiger partial charge in [-0.05, 0) is 17.7 Å². The van der Waals surface area contributed by atoms with Crippen molar-refractivity contribution in [2.45, 2.75) is 55.5 Å². The molecule has 65 heavy (non-hydrogen) atoms. The molecule has 2 saturated heterocycles. The number of rotatable bonds is 20. The first-order valence-electron chi connectivity index (χ1n) is 18.1. The van der Waals surface area contributed by atoms with E-state index >= 15 is 0 Å². The molecule has 0 saturated carbocycles. The SMILES string of the molecule is [N-]=[N+]=Nc1ccc(NCCC(=O)O[C@H]2[C@@H]([O-])[C@H]([n+]3cccc(C(N)=O)c3)O[C@@H]2COP(=O)(O)O[C@@H]2[C@H](O)[C@@H](COP(=O)(O)OP(=O)(O)O)O[C@H]2n2cnc3c(N)ncnc32)c([N+](=O)[O-])c1. The lowest BCUT2D eigenvalue weighted by Gasteiger charge is -2.27. The number of aromatic nitrogens is 5. The van der Waals surface area contributed by atoms with Crippen LogP contribution in [0.4, 0.5) is 22.9 Å². The number of imidazole rings is 1. The number of nitro benzene ring substituents is 1. The number of phosphoric ester groups is 2. The number of amides is 1. The topological polar surface area (TPSA) is 478 Å². The number of nitrogen functional groups attached to an aromatic ring is 1. The molecule has 32 nitrogen and oxygen atoms in total. The van der Waals surface area contributed by atoms with Gasteiger partial charge >= 0.3 is 29.4 Å². The van der Waals surface area contributed by atoms with Crippen LogP contribution in [-0.2, 0) is 50.6 Å². The molecule has 3 aromatic heterocycles. The van der Waals surface area contributed by atoms with Crippen LogP contribution < -0.4 is 26.5 Å². The fraction of sp³-hybridized carbons (Fsp3) is 0.400. The number of nitrogens with zero attached hydrogens (tertiary/aromatic N) is 9. The van der Waals surface area contributed by atoms with Crippen molar-refractivity contribution in [1.82, 2.24) is 19.5 Å². The average molecular weight is 977 g/mol. The Morgan fingerprint density at radius 1 is 1.06 bits per heavy atom. The fourth-order valence-corrected chi connectivity index (χ4v) is 8.92. The first-order chi connectivity index (χ1) is 30.6. The van der Waals surface area contributed by atoms with Crippen LogP contribution in [-0.4, -0.2) is 117 Å². The third-order valence-corrected chi connectivity index (χ3v) is 12.3. The van der Waals surface area contributed by atoms with Crippen LogP contribution in [0.1, 0.15) is 29.2 Å². The van der Waals surface area contributed by atoms with Gasteiger partial charge in [0, 0.05) is 35.4 Å². The number of ether oxygens (including phenoxy) is 3. The van der Waals surface area contributed by atoms with Crippen molar-refractivity contribution in [2.24, 2.45) is 10.8 Å². The number of azide groups is 1. The largest absolute Gasteiger partial charge is 0.843 e. The van der Waals surface area contributed by atoms with E-state index in [4.69, 9.17) is 50.0 Å². The molecular formula is C30H35N12O20P3. The highest BCUT2D eigenvalue weighted by Gasteiger charge is 2.52. The van der Waals surface area contributed by atoms with Gasteiger partial charge in [-0.1, -0.05) is 11.2 Å². The van der Waals surface area contributed by atoms with Crippen LogP contribution in [0.25, 0.3) is 21.6 Å². The fourth-order valence-electron chi connectivity index (χ4n) is 6.39. The standard InChI is InChI=1S/C30H35N12O20P3/c31-26-21-28(36-12-35-26)41(13-37-21)30-25(22(44)18(58-30)10-57-65(54,55)62-63(49,50)51)61-64(52,53)56-11-19-24(23(45)29(59-19)40-7-1-2-14(9-40)27(32)46)60-20(43)5-6-34-16-4-3-15(38-39-33)8-17(16)42(47)48/h1-4,7-9,12-13,18-19,22-25,29-30,34,44H,5-6,10-11H2,(H2,32,46)(H,52,53)(H,54,55)(H2,31,35,36)(H2,49,50,51)/t18-,19-,22-,23-,24-,25-,29-,30-/m1/s1. The zero-order valence-electron chi connectivity index (χ0n) is 32.5. The minimum Gasteiger partial charge on any atom is -0.843 e. The summed E-state index contributed by atoms with van der Waals surface area (Å²) in [6, 6.07) is 6.15. The van der Waals surface area contributed by atoms with E-state index in [1.165, 1.54) is 30.5 Å². The lowest BCUT2D eigenvalue weighted by Crippen LogP contribution is -2.53. The predicted molar refractivity (Wildman–Crippen MR) is 207 cm³/mol. The normalized spacial score (nSPS) is 25.0. The number of aliphatic hydroxyl groups is 1. The molecule has 2 aliphatic heterocycles. The van der Waals surface area contributed by atoms with Crippen molar-refractivity contribution >= 4 is 69.4 Å². The summed E-state index contributed by atoms with van der Waals surface area (Å²) in [7, 11) is -16.6. The number of hydrogen-bond acceptors (Lipinski definition) is 22. The van der Waals surface area contributed by atoms with Crippen molar-refractivity contribution in [3.63, 3.8) is 0 Å². The molecular weight excluding hydrogens is 941 g/mol. The van der Waals surface area contributed by atoms with E-state index in [1.54, 1.807) is 0 Å². The number of aliphatic hydroxyl groups excluding tert-OH is 1. The summed E-state index contributed by atoms with van der Waals surface area (Å²) in [4.78, 5) is 89.0. The number of nitrogens with one attached hydrogen (secondary N) is 1. The molecule has 0 spiro atoms. The first-order valence-corrected chi connectivity index (χ1v) is 22.6. The molecule has 35 heteroatoms. The van der Waals surface area contributed by atoms with Gasteiger partial charge in [0.2, 0.25) is 0 Å². The number of nitrogens with two attached hydrogens (primary N) is 2. The van der Waals surface area contributed by atoms with E-state index < -0.39 is 115 Å². The minimum atomic E-state index is -5.58. The molecule has 0 radical (unpaired) electrons. The Hall–Kier alpha value is -5.62. The smallest absolute Gasteiger partial charge is 0.481 e. The molecule has 4 aromatic rings. The Morgan fingerprint density at radius 3 is 2.48 bits per heavy atom. The Labute approximate surface area is 361 Å². The highest BCUT2D eigenvalue weighted by atomic mass is 31.3. The summed E-state index contributed by atoms with van der Waals surface area (Å²) in [5.74, 6) is -2.08. The molecule has 350 valence electrons. The second-order valence-electron chi connectivity index (χ2n) is 13.5. The Balaban J connectivity index is 1.20. The molecule has 5 heterocycles. The number of anilines is 2. The molecule has 2 unspecified atom stereocenters. The van der Waals surface area contributed by atoms with E-state index in [0.29, 0.717) is 0 Å². The van der Waals surface area contributed by atoms with Crippen molar-refractivity contribution in [3.8, 4) is 0 Å². The highest BCUT2D eigenvalue weighted by molar-refractivity contribution is 7.60.